The van der Waals surface area contributed by atoms with Crippen LogP contribution in [0.25, 0.3) is 0 Å². The molecule has 0 aliphatic carbocycles. The van der Waals surface area contributed by atoms with Gasteiger partial charge < -0.3 is 4.74 Å². The number of hydrogen-bond acceptors (Lipinski definition) is 5. The fraction of sp³-hybridized carbons (Fsp3) is 0.650. The summed E-state index contributed by atoms with van der Waals surface area (Å²) in [7, 11) is -4.15. The largest absolute Gasteiger partial charge is 0.466 e. The molecule has 30 heavy (non-hydrogen) atoms. The Morgan fingerprint density at radius 2 is 1.80 bits per heavy atom. The first kappa shape index (κ1) is 24.6. The normalized spacial score (nSPS) is 21.5. The highest BCUT2D eigenvalue weighted by Gasteiger charge is 2.62. The zero-order valence-electron chi connectivity index (χ0n) is 17.5. The predicted octanol–water partition coefficient (Wildman–Crippen LogP) is 3.36. The Kier molecular flexibility index (Phi) is 7.92. The van der Waals surface area contributed by atoms with Crippen molar-refractivity contribution >= 4 is 16.0 Å². The molecule has 1 aliphatic heterocycles. The van der Waals surface area contributed by atoms with Gasteiger partial charge in [-0.25, -0.2) is 8.42 Å². The zero-order chi connectivity index (χ0) is 22.6. The number of carbonyl (C=O) groups excluding carboxylic acids is 1. The number of benzene rings is 1. The molecule has 1 fully saturated rings. The van der Waals surface area contributed by atoms with Gasteiger partial charge in [0.2, 0.25) is 10.0 Å². The van der Waals surface area contributed by atoms with E-state index in [1.165, 1.54) is 24.0 Å². The van der Waals surface area contributed by atoms with Crippen LogP contribution >= 0.6 is 0 Å². The van der Waals surface area contributed by atoms with Crippen molar-refractivity contribution in [1.82, 2.24) is 9.21 Å². The molecule has 0 aromatic heterocycles. The van der Waals surface area contributed by atoms with E-state index in [-0.39, 0.29) is 31.1 Å². The van der Waals surface area contributed by atoms with Gasteiger partial charge in [0.1, 0.15) is 5.54 Å². The quantitative estimate of drug-likeness (QED) is 0.569. The molecule has 0 amide bonds. The number of carbonyl (C=O) groups is 1. The van der Waals surface area contributed by atoms with E-state index in [0.717, 1.165) is 9.87 Å². The molecule has 1 aromatic rings. The molecule has 1 atom stereocenters. The predicted molar refractivity (Wildman–Crippen MR) is 106 cm³/mol. The van der Waals surface area contributed by atoms with Crippen LogP contribution in [0, 0.1) is 6.92 Å². The summed E-state index contributed by atoms with van der Waals surface area (Å²) in [5.74, 6) is -0.995. The smallest absolute Gasteiger partial charge is 0.408 e. The van der Waals surface area contributed by atoms with Crippen LogP contribution in [0.5, 0.6) is 0 Å². The van der Waals surface area contributed by atoms with E-state index in [1.54, 1.807) is 19.1 Å². The minimum absolute atomic E-state index is 0.0485. The summed E-state index contributed by atoms with van der Waals surface area (Å²) in [6.07, 6.45) is -4.59. The van der Waals surface area contributed by atoms with Crippen LogP contribution in [0.15, 0.2) is 29.2 Å². The number of alkyl halides is 3. The molecule has 0 bridgehead atoms. The first-order valence-corrected chi connectivity index (χ1v) is 11.5. The Morgan fingerprint density at radius 3 is 2.33 bits per heavy atom. The van der Waals surface area contributed by atoms with E-state index in [4.69, 9.17) is 4.74 Å². The molecule has 1 unspecified atom stereocenters. The van der Waals surface area contributed by atoms with Gasteiger partial charge in [-0.05, 0) is 38.9 Å². The van der Waals surface area contributed by atoms with E-state index in [0.29, 0.717) is 12.8 Å². The maximum atomic E-state index is 14.4. The topological polar surface area (TPSA) is 66.9 Å². The summed E-state index contributed by atoms with van der Waals surface area (Å²) in [4.78, 5) is 13.3. The number of ether oxygens (including phenoxy) is 1. The lowest BCUT2D eigenvalue weighted by Gasteiger charge is -2.50. The summed E-state index contributed by atoms with van der Waals surface area (Å²) in [6.45, 7) is 4.18. The minimum Gasteiger partial charge on any atom is -0.466 e. The van der Waals surface area contributed by atoms with E-state index in [2.05, 4.69) is 0 Å². The van der Waals surface area contributed by atoms with E-state index in [1.807, 2.05) is 6.92 Å². The van der Waals surface area contributed by atoms with Gasteiger partial charge in [0.15, 0.2) is 0 Å². The highest BCUT2D eigenvalue weighted by molar-refractivity contribution is 7.89. The second kappa shape index (κ2) is 9.65. The number of esters is 1. The minimum atomic E-state index is -4.82. The van der Waals surface area contributed by atoms with Crippen molar-refractivity contribution in [3.63, 3.8) is 0 Å². The van der Waals surface area contributed by atoms with Crippen LogP contribution in [0.2, 0.25) is 0 Å². The molecule has 1 saturated heterocycles. The van der Waals surface area contributed by atoms with Crippen molar-refractivity contribution < 1.29 is 31.1 Å². The first-order chi connectivity index (χ1) is 14.0. The standard InChI is InChI=1S/C20H29F3N2O4S/c1-4-6-11-24-12-13-25(30(27,28)17-9-7-16(3)8-10-17)15-19(24,20(21,22)23)14-18(26)29-5-2/h7-10H,4-6,11-15H2,1-3H3. The van der Waals surface area contributed by atoms with Crippen LogP contribution < -0.4 is 0 Å². The van der Waals surface area contributed by atoms with Gasteiger partial charge >= 0.3 is 12.1 Å². The summed E-state index contributed by atoms with van der Waals surface area (Å²) in [5, 5.41) is 0. The average Bonchev–Trinajstić information content (AvgIpc) is 2.66. The Labute approximate surface area is 176 Å². The Balaban J connectivity index is 2.46. The SMILES string of the molecule is CCCCN1CCN(S(=O)(=O)c2ccc(C)cc2)CC1(CC(=O)OCC)C(F)(F)F. The van der Waals surface area contributed by atoms with Gasteiger partial charge in [-0.3, -0.25) is 9.69 Å². The number of rotatable bonds is 8. The van der Waals surface area contributed by atoms with E-state index < -0.39 is 40.7 Å². The fourth-order valence-electron chi connectivity index (χ4n) is 3.64. The average molecular weight is 451 g/mol. The maximum absolute atomic E-state index is 14.4. The van der Waals surface area contributed by atoms with Crippen LogP contribution in [0.3, 0.4) is 0 Å². The Hall–Kier alpha value is -1.65. The summed E-state index contributed by atoms with van der Waals surface area (Å²) in [6, 6.07) is 5.96. The molecule has 1 heterocycles. The molecular formula is C20H29F3N2O4S. The summed E-state index contributed by atoms with van der Waals surface area (Å²) < 4.78 is 75.0. The van der Waals surface area contributed by atoms with E-state index >= 15 is 0 Å². The second-order valence-corrected chi connectivity index (χ2v) is 9.44. The first-order valence-electron chi connectivity index (χ1n) is 10.0. The summed E-state index contributed by atoms with van der Waals surface area (Å²) >= 11 is 0. The molecule has 0 radical (unpaired) electrons. The molecule has 1 aliphatic rings. The van der Waals surface area contributed by atoms with Crippen molar-refractivity contribution in [1.29, 1.82) is 0 Å². The third-order valence-corrected chi connectivity index (χ3v) is 7.23. The Morgan fingerprint density at radius 1 is 1.17 bits per heavy atom. The van der Waals surface area contributed by atoms with Crippen molar-refractivity contribution in [3.05, 3.63) is 29.8 Å². The van der Waals surface area contributed by atoms with Crippen molar-refractivity contribution in [3.8, 4) is 0 Å². The van der Waals surface area contributed by atoms with Crippen LogP contribution in [-0.4, -0.2) is 68.1 Å². The highest BCUT2D eigenvalue weighted by Crippen LogP contribution is 2.42. The molecule has 0 spiro atoms. The maximum Gasteiger partial charge on any atom is 0.408 e. The number of aryl methyl sites for hydroxylation is 1. The number of piperazine rings is 1. The fourth-order valence-corrected chi connectivity index (χ4v) is 5.13. The number of hydrogen-bond donors (Lipinski definition) is 0. The lowest BCUT2D eigenvalue weighted by Crippen LogP contribution is -2.70. The van der Waals surface area contributed by atoms with Gasteiger partial charge in [-0.1, -0.05) is 31.0 Å². The molecule has 0 saturated carbocycles. The van der Waals surface area contributed by atoms with Gasteiger partial charge in [0.25, 0.3) is 0 Å². The molecule has 170 valence electrons. The summed E-state index contributed by atoms with van der Waals surface area (Å²) in [5.41, 5.74) is -1.80. The van der Waals surface area contributed by atoms with Gasteiger partial charge in [0.05, 0.1) is 17.9 Å². The molecule has 6 nitrogen and oxygen atoms in total. The molecule has 10 heteroatoms. The van der Waals surface area contributed by atoms with Crippen molar-refractivity contribution in [2.24, 2.45) is 0 Å². The number of halogens is 3. The molecular weight excluding hydrogens is 421 g/mol. The van der Waals surface area contributed by atoms with Crippen molar-refractivity contribution in [2.75, 3.05) is 32.8 Å². The lowest BCUT2D eigenvalue weighted by molar-refractivity contribution is -0.247. The number of unbranched alkanes of at least 4 members (excludes halogenated alkanes) is 1. The van der Waals surface area contributed by atoms with Gasteiger partial charge in [-0.2, -0.15) is 17.5 Å². The lowest BCUT2D eigenvalue weighted by atomic mass is 9.89. The molecule has 2 rings (SSSR count). The van der Waals surface area contributed by atoms with Crippen LogP contribution in [0.4, 0.5) is 13.2 Å². The van der Waals surface area contributed by atoms with Gasteiger partial charge in [0, 0.05) is 19.6 Å². The number of sulfonamides is 1. The molecule has 0 N–H and O–H groups in total. The van der Waals surface area contributed by atoms with E-state index in [9.17, 15) is 26.4 Å². The highest BCUT2D eigenvalue weighted by atomic mass is 32.2. The monoisotopic (exact) mass is 450 g/mol. The zero-order valence-corrected chi connectivity index (χ0v) is 18.4. The second-order valence-electron chi connectivity index (χ2n) is 7.50. The van der Waals surface area contributed by atoms with Crippen LogP contribution in [0.1, 0.15) is 38.7 Å². The number of nitrogens with zero attached hydrogens (tertiary/aromatic N) is 2. The molecule has 1 aromatic carbocycles. The third kappa shape index (κ3) is 5.15. The van der Waals surface area contributed by atoms with Crippen molar-refractivity contribution in [2.45, 2.75) is 56.6 Å². The third-order valence-electron chi connectivity index (χ3n) is 5.37. The van der Waals surface area contributed by atoms with Crippen LogP contribution in [-0.2, 0) is 19.6 Å². The Bertz CT molecular complexity index is 827. The van der Waals surface area contributed by atoms with Gasteiger partial charge in [-0.15, -0.1) is 0 Å².